The topological polar surface area (TPSA) is 52.1 Å². The van der Waals surface area contributed by atoms with Crippen LogP contribution < -0.4 is 10.6 Å². The lowest BCUT2D eigenvalue weighted by Gasteiger charge is -2.33. The zero-order valence-corrected chi connectivity index (χ0v) is 18.4. The molecule has 3 aliphatic rings. The van der Waals surface area contributed by atoms with Crippen LogP contribution in [0.4, 0.5) is 0 Å². The lowest BCUT2D eigenvalue weighted by molar-refractivity contribution is 0.0992. The number of guanidine groups is 1. The Morgan fingerprint density at radius 3 is 2.60 bits per heavy atom. The van der Waals surface area contributed by atoms with E-state index in [1.165, 1.54) is 39.0 Å². The van der Waals surface area contributed by atoms with E-state index in [-0.39, 0.29) is 24.0 Å². The molecule has 3 aliphatic heterocycles. The standard InChI is InChI=1S/C18H35N5O.HI/c1-4-19-18(21-16-11-15-5-6-17(16)24-15)20-12-14(2)13-23-9-7-22(3)8-10-23;/h14-17H,4-13H2,1-3H3,(H2,19,20,21);1H. The Bertz CT molecular complexity index is 428. The van der Waals surface area contributed by atoms with E-state index < -0.39 is 0 Å². The second-order valence-electron chi connectivity index (χ2n) is 7.79. The number of hydrogen-bond acceptors (Lipinski definition) is 4. The highest BCUT2D eigenvalue weighted by molar-refractivity contribution is 14.0. The van der Waals surface area contributed by atoms with Gasteiger partial charge in [-0.3, -0.25) is 4.99 Å². The highest BCUT2D eigenvalue weighted by atomic mass is 127. The second kappa shape index (κ2) is 10.3. The number of ether oxygens (including phenoxy) is 1. The van der Waals surface area contributed by atoms with Gasteiger partial charge in [-0.15, -0.1) is 24.0 Å². The Labute approximate surface area is 170 Å². The second-order valence-corrected chi connectivity index (χ2v) is 7.79. The highest BCUT2D eigenvalue weighted by Crippen LogP contribution is 2.34. The minimum atomic E-state index is 0. The Morgan fingerprint density at radius 1 is 1.24 bits per heavy atom. The summed E-state index contributed by atoms with van der Waals surface area (Å²) in [6, 6.07) is 0.439. The minimum Gasteiger partial charge on any atom is -0.373 e. The van der Waals surface area contributed by atoms with Crippen LogP contribution >= 0.6 is 24.0 Å². The van der Waals surface area contributed by atoms with Crippen molar-refractivity contribution in [3.63, 3.8) is 0 Å². The summed E-state index contributed by atoms with van der Waals surface area (Å²) in [5.41, 5.74) is 0. The van der Waals surface area contributed by atoms with Crippen LogP contribution in [-0.2, 0) is 4.74 Å². The molecule has 3 fully saturated rings. The molecule has 25 heavy (non-hydrogen) atoms. The first kappa shape index (κ1) is 21.2. The smallest absolute Gasteiger partial charge is 0.191 e. The number of nitrogens with zero attached hydrogens (tertiary/aromatic N) is 3. The first-order valence-corrected chi connectivity index (χ1v) is 9.75. The molecule has 2 N–H and O–H groups in total. The van der Waals surface area contributed by atoms with E-state index in [0.717, 1.165) is 32.0 Å². The molecule has 0 saturated carbocycles. The molecule has 0 aromatic carbocycles. The fraction of sp³-hybridized carbons (Fsp3) is 0.944. The van der Waals surface area contributed by atoms with Crippen LogP contribution in [0, 0.1) is 5.92 Å². The van der Waals surface area contributed by atoms with E-state index in [1.54, 1.807) is 0 Å². The number of rotatable bonds is 6. The van der Waals surface area contributed by atoms with E-state index in [9.17, 15) is 0 Å². The Morgan fingerprint density at radius 2 is 2.00 bits per heavy atom. The number of fused-ring (bicyclic) bond motifs is 2. The van der Waals surface area contributed by atoms with Crippen molar-refractivity contribution in [3.05, 3.63) is 0 Å². The minimum absolute atomic E-state index is 0. The summed E-state index contributed by atoms with van der Waals surface area (Å²) in [4.78, 5) is 9.82. The number of aliphatic imine (C=N–C) groups is 1. The average molecular weight is 465 g/mol. The van der Waals surface area contributed by atoms with Crippen LogP contribution in [-0.4, -0.2) is 86.9 Å². The number of nitrogens with one attached hydrogen (secondary N) is 2. The first-order valence-electron chi connectivity index (χ1n) is 9.75. The van der Waals surface area contributed by atoms with Gasteiger partial charge in [0.2, 0.25) is 0 Å². The Hall–Kier alpha value is -0.120. The summed E-state index contributed by atoms with van der Waals surface area (Å²) in [6.07, 6.45) is 4.43. The normalized spacial score (nSPS) is 31.6. The van der Waals surface area contributed by atoms with Crippen molar-refractivity contribution in [3.8, 4) is 0 Å². The van der Waals surface area contributed by atoms with Crippen LogP contribution in [0.25, 0.3) is 0 Å². The largest absolute Gasteiger partial charge is 0.373 e. The van der Waals surface area contributed by atoms with Crippen LogP contribution in [0.1, 0.15) is 33.1 Å². The summed E-state index contributed by atoms with van der Waals surface area (Å²) >= 11 is 0. The van der Waals surface area contributed by atoms with Crippen LogP contribution in [0.5, 0.6) is 0 Å². The predicted molar refractivity (Wildman–Crippen MR) is 114 cm³/mol. The molecule has 0 aromatic rings. The quantitative estimate of drug-likeness (QED) is 0.353. The maximum Gasteiger partial charge on any atom is 0.191 e. The molecule has 0 aliphatic carbocycles. The third kappa shape index (κ3) is 6.22. The van der Waals surface area contributed by atoms with Gasteiger partial charge in [0.05, 0.1) is 18.2 Å². The summed E-state index contributed by atoms with van der Waals surface area (Å²) in [5.74, 6) is 1.55. The van der Waals surface area contributed by atoms with Gasteiger partial charge in [0.1, 0.15) is 0 Å². The monoisotopic (exact) mass is 465 g/mol. The summed E-state index contributed by atoms with van der Waals surface area (Å²) in [7, 11) is 2.21. The SMILES string of the molecule is CCNC(=NCC(C)CN1CCN(C)CC1)NC1CC2CCC1O2.I. The van der Waals surface area contributed by atoms with Crippen molar-refractivity contribution in [2.24, 2.45) is 10.9 Å². The van der Waals surface area contributed by atoms with Crippen LogP contribution in [0.3, 0.4) is 0 Å². The molecular formula is C18H36IN5O. The predicted octanol–water partition coefficient (Wildman–Crippen LogP) is 1.36. The van der Waals surface area contributed by atoms with E-state index >= 15 is 0 Å². The highest BCUT2D eigenvalue weighted by Gasteiger charge is 2.41. The van der Waals surface area contributed by atoms with E-state index in [1.807, 2.05) is 0 Å². The molecule has 3 saturated heterocycles. The maximum absolute atomic E-state index is 5.94. The summed E-state index contributed by atoms with van der Waals surface area (Å²) in [5, 5.41) is 7.00. The molecule has 3 heterocycles. The average Bonchev–Trinajstić information content (AvgIpc) is 3.18. The third-order valence-corrected chi connectivity index (χ3v) is 5.50. The molecule has 6 nitrogen and oxygen atoms in total. The molecular weight excluding hydrogens is 429 g/mol. The molecule has 4 unspecified atom stereocenters. The first-order chi connectivity index (χ1) is 11.6. The lowest BCUT2D eigenvalue weighted by atomic mass is 9.96. The van der Waals surface area contributed by atoms with Gasteiger partial charge < -0.3 is 25.2 Å². The van der Waals surface area contributed by atoms with Crippen molar-refractivity contribution in [2.45, 2.75) is 51.4 Å². The molecule has 146 valence electrons. The fourth-order valence-corrected chi connectivity index (χ4v) is 4.06. The van der Waals surface area contributed by atoms with E-state index in [2.05, 4.69) is 41.3 Å². The van der Waals surface area contributed by atoms with Gasteiger partial charge in [0.25, 0.3) is 0 Å². The summed E-state index contributed by atoms with van der Waals surface area (Å²) in [6.45, 7) is 12.1. The van der Waals surface area contributed by atoms with Gasteiger partial charge in [-0.2, -0.15) is 0 Å². The zero-order valence-electron chi connectivity index (χ0n) is 16.0. The van der Waals surface area contributed by atoms with Gasteiger partial charge in [-0.05, 0) is 39.2 Å². The molecule has 0 aromatic heterocycles. The van der Waals surface area contributed by atoms with Crippen LogP contribution in [0.2, 0.25) is 0 Å². The fourth-order valence-electron chi connectivity index (χ4n) is 4.06. The van der Waals surface area contributed by atoms with Crippen molar-refractivity contribution in [2.75, 3.05) is 52.9 Å². The Kier molecular flexibility index (Phi) is 8.71. The number of piperazine rings is 1. The van der Waals surface area contributed by atoms with Crippen molar-refractivity contribution in [1.82, 2.24) is 20.4 Å². The summed E-state index contributed by atoms with van der Waals surface area (Å²) < 4.78 is 5.94. The third-order valence-electron chi connectivity index (χ3n) is 5.50. The van der Waals surface area contributed by atoms with Gasteiger partial charge in [0, 0.05) is 45.8 Å². The number of likely N-dealkylation sites (N-methyl/N-ethyl adjacent to an activating group) is 1. The molecule has 7 heteroatoms. The number of hydrogen-bond donors (Lipinski definition) is 2. The molecule has 4 atom stereocenters. The molecule has 0 radical (unpaired) electrons. The molecule has 0 amide bonds. The van der Waals surface area contributed by atoms with Crippen LogP contribution in [0.15, 0.2) is 4.99 Å². The molecule has 0 spiro atoms. The van der Waals surface area contributed by atoms with Gasteiger partial charge in [-0.25, -0.2) is 0 Å². The zero-order chi connectivity index (χ0) is 16.9. The molecule has 3 rings (SSSR count). The maximum atomic E-state index is 5.94. The van der Waals surface area contributed by atoms with Gasteiger partial charge in [-0.1, -0.05) is 6.92 Å². The lowest BCUT2D eigenvalue weighted by Crippen LogP contribution is -2.48. The van der Waals surface area contributed by atoms with E-state index in [0.29, 0.717) is 24.2 Å². The van der Waals surface area contributed by atoms with Gasteiger partial charge in [0.15, 0.2) is 5.96 Å². The van der Waals surface area contributed by atoms with Gasteiger partial charge >= 0.3 is 0 Å². The Balaban J connectivity index is 0.00000225. The van der Waals surface area contributed by atoms with Crippen molar-refractivity contribution >= 4 is 29.9 Å². The number of halogens is 1. The van der Waals surface area contributed by atoms with Crippen molar-refractivity contribution in [1.29, 1.82) is 0 Å². The molecule has 2 bridgehead atoms. The van der Waals surface area contributed by atoms with E-state index in [4.69, 9.17) is 9.73 Å². The van der Waals surface area contributed by atoms with Crippen molar-refractivity contribution < 1.29 is 4.74 Å².